The summed E-state index contributed by atoms with van der Waals surface area (Å²) in [6.07, 6.45) is 0. The smallest absolute Gasteiger partial charge is 0.744 e. The van der Waals surface area contributed by atoms with Gasteiger partial charge >= 0.3 is 41.5 Å². The molecule has 17 heteroatoms. The fourth-order valence-electron chi connectivity index (χ4n) is 4.99. The van der Waals surface area contributed by atoms with Crippen LogP contribution in [0, 0.1) is 0 Å². The fourth-order valence-corrected chi connectivity index (χ4v) is 6.83. The number of hydrogen-bond donors (Lipinski definition) is 2. The average molecular weight is 735 g/mol. The summed E-state index contributed by atoms with van der Waals surface area (Å²) in [6.45, 7) is 0. The van der Waals surface area contributed by atoms with E-state index in [9.17, 15) is 36.1 Å². The number of benzene rings is 5. The summed E-state index contributed by atoms with van der Waals surface area (Å²) in [5.74, 6) is -1.61. The van der Waals surface area contributed by atoms with Crippen LogP contribution in [0.1, 0.15) is 20.7 Å². The van der Waals surface area contributed by atoms with Crippen LogP contribution in [0.5, 0.6) is 11.5 Å². The summed E-state index contributed by atoms with van der Waals surface area (Å²) in [6, 6.07) is 23.5. The van der Waals surface area contributed by atoms with Gasteiger partial charge in [0.05, 0.1) is 25.8 Å². The first-order chi connectivity index (χ1) is 23.7. The van der Waals surface area contributed by atoms with Gasteiger partial charge in [-0.15, -0.1) is 0 Å². The van der Waals surface area contributed by atoms with Gasteiger partial charge in [0.2, 0.25) is 21.6 Å². The maximum absolute atomic E-state index is 13.7. The number of nitrogens with zero attached hydrogens (tertiary/aromatic N) is 2. The van der Waals surface area contributed by atoms with Gasteiger partial charge in [0.25, 0.3) is 0 Å². The Labute approximate surface area is 309 Å². The largest absolute Gasteiger partial charge is 1.00 e. The molecule has 0 atom stereocenters. The van der Waals surface area contributed by atoms with E-state index in [-0.39, 0.29) is 78.9 Å². The van der Waals surface area contributed by atoms with Gasteiger partial charge in [0.15, 0.2) is 11.2 Å². The van der Waals surface area contributed by atoms with Crippen LogP contribution in [-0.2, 0) is 20.0 Å². The number of aromatic carboxylic acids is 2. The number of aromatic nitrogens is 2. The van der Waals surface area contributed by atoms with Crippen LogP contribution in [0.25, 0.3) is 45.1 Å². The van der Waals surface area contributed by atoms with E-state index in [4.69, 9.17) is 18.7 Å². The maximum atomic E-state index is 13.7. The van der Waals surface area contributed by atoms with Crippen molar-refractivity contribution < 1.29 is 84.3 Å². The second-order valence-electron chi connectivity index (χ2n) is 10.8. The van der Waals surface area contributed by atoms with Crippen molar-refractivity contribution in [3.05, 3.63) is 114 Å². The molecule has 0 radical (unpaired) electrons. The van der Waals surface area contributed by atoms with Gasteiger partial charge in [0.1, 0.15) is 32.7 Å². The fraction of sp³-hybridized carbons (Fsp3) is 0. The van der Waals surface area contributed by atoms with Crippen molar-refractivity contribution in [3.63, 3.8) is 0 Å². The van der Waals surface area contributed by atoms with E-state index in [0.717, 1.165) is 18.2 Å². The van der Waals surface area contributed by atoms with E-state index in [2.05, 4.69) is 9.97 Å². The molecule has 0 aliphatic heterocycles. The van der Waals surface area contributed by atoms with Crippen molar-refractivity contribution in [1.82, 2.24) is 9.97 Å². The Morgan fingerprint density at radius 3 is 1.57 bits per heavy atom. The molecule has 2 N–H and O–H groups in total. The van der Waals surface area contributed by atoms with Gasteiger partial charge in [0, 0.05) is 11.1 Å². The second-order valence-corrected chi connectivity index (χ2v) is 14.1. The number of fused-ring (bicyclic) bond motifs is 2. The van der Waals surface area contributed by atoms with Crippen LogP contribution in [0.2, 0.25) is 0 Å². The van der Waals surface area contributed by atoms with Crippen LogP contribution in [0.3, 0.4) is 0 Å². The van der Waals surface area contributed by atoms with Crippen molar-refractivity contribution in [2.75, 3.05) is 0 Å². The van der Waals surface area contributed by atoms with Crippen molar-refractivity contribution >= 4 is 54.1 Å². The number of carboxylic acids is 2. The third-order valence-corrected chi connectivity index (χ3v) is 10.0. The topological polar surface area (TPSA) is 227 Å². The Kier molecular flexibility index (Phi) is 9.32. The summed E-state index contributed by atoms with van der Waals surface area (Å²) >= 11 is 0. The number of hydrogen-bond acceptors (Lipinski definition) is 12. The summed E-state index contributed by atoms with van der Waals surface area (Å²) in [7, 11) is -9.15. The Morgan fingerprint density at radius 1 is 0.588 bits per heavy atom. The second kappa shape index (κ2) is 13.4. The molecule has 0 saturated heterocycles. The summed E-state index contributed by atoms with van der Waals surface area (Å²) in [5.41, 5.74) is 0.915. The molecule has 5 aromatic carbocycles. The zero-order chi connectivity index (χ0) is 35.4. The van der Waals surface area contributed by atoms with Crippen molar-refractivity contribution in [3.8, 4) is 34.4 Å². The normalized spacial score (nSPS) is 11.7. The van der Waals surface area contributed by atoms with Crippen LogP contribution in [-0.4, -0.2) is 53.5 Å². The average Bonchev–Trinajstić information content (AvgIpc) is 3.72. The number of carbonyl (C=O) groups is 2. The number of ether oxygens (including phenoxy) is 1. The number of carboxylic acid groups (broad SMARTS) is 2. The zero-order valence-electron chi connectivity index (χ0n) is 26.0. The maximum Gasteiger partial charge on any atom is 1.00 e. The van der Waals surface area contributed by atoms with Crippen LogP contribution in [0.15, 0.2) is 127 Å². The van der Waals surface area contributed by atoms with Gasteiger partial charge in [-0.3, -0.25) is 0 Å². The van der Waals surface area contributed by atoms with Gasteiger partial charge in [-0.25, -0.2) is 36.4 Å². The SMILES string of the molecule is O=C(O)c1ccc(Oc2ccc(-c3nc4cc(S(=O)(=O)c5ccc6oc(-c7cc(C(=O)O)cc(S(=O)(=O)[O-])c7)nc6c5)ccc4o3)cc2)cc1.[Na+]. The Balaban J connectivity index is 0.00000448. The first kappa shape index (κ1) is 35.5. The van der Waals surface area contributed by atoms with E-state index in [1.807, 2.05) is 0 Å². The third kappa shape index (κ3) is 7.14. The molecule has 0 aliphatic rings. The van der Waals surface area contributed by atoms with Crippen molar-refractivity contribution in [1.29, 1.82) is 0 Å². The predicted molar refractivity (Wildman–Crippen MR) is 173 cm³/mol. The van der Waals surface area contributed by atoms with Gasteiger partial charge in [-0.2, -0.15) is 0 Å². The molecular weight excluding hydrogens is 716 g/mol. The Morgan fingerprint density at radius 2 is 1.08 bits per heavy atom. The molecule has 2 aromatic heterocycles. The quantitative estimate of drug-likeness (QED) is 0.160. The van der Waals surface area contributed by atoms with Gasteiger partial charge in [-0.05, 0) is 103 Å². The number of sulfone groups is 1. The summed E-state index contributed by atoms with van der Waals surface area (Å²) < 4.78 is 79.4. The standard InChI is InChI=1S/C34H20N2O12S2.Na/c37-33(38)19-3-7-23(8-4-19)46-22-5-1-18(2-6-22)31-35-27-16-24(9-11-29(27)47-31)49(41,42)25-10-12-30-28(17-25)36-32(48-30)20-13-21(34(39)40)15-26(14-20)50(43,44)45;/h1-17H,(H,37,38)(H,39,40)(H,43,44,45);/q;+1/p-1. The molecule has 0 aliphatic carbocycles. The molecule has 7 aromatic rings. The molecule has 0 spiro atoms. The van der Waals surface area contributed by atoms with Crippen LogP contribution < -0.4 is 34.3 Å². The predicted octanol–water partition coefficient (Wildman–Crippen LogP) is 3.23. The van der Waals surface area contributed by atoms with Crippen molar-refractivity contribution in [2.24, 2.45) is 0 Å². The molecule has 0 bridgehead atoms. The van der Waals surface area contributed by atoms with Crippen LogP contribution >= 0.6 is 0 Å². The van der Waals surface area contributed by atoms with E-state index < -0.39 is 42.4 Å². The van der Waals surface area contributed by atoms with E-state index in [1.165, 1.54) is 60.7 Å². The van der Waals surface area contributed by atoms with Gasteiger partial charge < -0.3 is 28.3 Å². The molecule has 0 saturated carbocycles. The Bertz CT molecular complexity index is 2720. The van der Waals surface area contributed by atoms with E-state index in [1.54, 1.807) is 24.3 Å². The molecule has 2 heterocycles. The first-order valence-corrected chi connectivity index (χ1v) is 17.2. The minimum atomic E-state index is -5.01. The van der Waals surface area contributed by atoms with Crippen LogP contribution in [0.4, 0.5) is 0 Å². The number of oxazole rings is 2. The molecule has 14 nitrogen and oxygen atoms in total. The minimum Gasteiger partial charge on any atom is -0.744 e. The zero-order valence-corrected chi connectivity index (χ0v) is 29.6. The Hall–Kier alpha value is -5.36. The first-order valence-electron chi connectivity index (χ1n) is 14.3. The number of rotatable bonds is 9. The molecule has 0 fully saturated rings. The molecule has 0 unspecified atom stereocenters. The third-order valence-electron chi connectivity index (χ3n) is 7.47. The summed E-state index contributed by atoms with van der Waals surface area (Å²) in [5, 5.41) is 18.4. The molecule has 51 heavy (non-hydrogen) atoms. The van der Waals surface area contributed by atoms with E-state index in [0.29, 0.717) is 22.6 Å². The molecule has 250 valence electrons. The summed E-state index contributed by atoms with van der Waals surface area (Å²) in [4.78, 5) is 30.2. The minimum absolute atomic E-state index is 0. The molecule has 0 amide bonds. The van der Waals surface area contributed by atoms with E-state index >= 15 is 0 Å². The van der Waals surface area contributed by atoms with Crippen molar-refractivity contribution in [2.45, 2.75) is 14.7 Å². The molecule has 7 rings (SSSR count). The molecular formula is C34H19N2NaO12S2. The monoisotopic (exact) mass is 734 g/mol. The van der Waals surface area contributed by atoms with Gasteiger partial charge in [-0.1, -0.05) is 0 Å².